The molecule has 0 radical (unpaired) electrons. The van der Waals surface area contributed by atoms with Crippen LogP contribution in [-0.4, -0.2) is 29.7 Å². The molecule has 0 bridgehead atoms. The van der Waals surface area contributed by atoms with Crippen LogP contribution < -0.4 is 11.1 Å². The summed E-state index contributed by atoms with van der Waals surface area (Å²) in [6, 6.07) is 18.4. The molecule has 1 atom stereocenters. The second kappa shape index (κ2) is 7.54. The molecule has 2 aromatic carbocycles. The maximum Gasteiger partial charge on any atom is 0.235 e. The molecule has 5 heteroatoms. The van der Waals surface area contributed by atoms with Crippen LogP contribution in [0.4, 0.5) is 0 Å². The third kappa shape index (κ3) is 3.42. The first-order valence-electron chi connectivity index (χ1n) is 9.46. The third-order valence-electron chi connectivity index (χ3n) is 5.46. The predicted molar refractivity (Wildman–Crippen MR) is 111 cm³/mol. The molecule has 1 unspecified atom stereocenters. The van der Waals surface area contributed by atoms with Gasteiger partial charge >= 0.3 is 0 Å². The Morgan fingerprint density at radius 3 is 2.43 bits per heavy atom. The number of carbonyl (C=O) groups is 1. The Morgan fingerprint density at radius 2 is 1.79 bits per heavy atom. The Kier molecular flexibility index (Phi) is 4.94. The average Bonchev–Trinajstić information content (AvgIpc) is 3.18. The van der Waals surface area contributed by atoms with Crippen LogP contribution in [0.2, 0.25) is 0 Å². The van der Waals surface area contributed by atoms with Gasteiger partial charge in [0.05, 0.1) is 24.5 Å². The summed E-state index contributed by atoms with van der Waals surface area (Å²) in [5.74, 6) is 0.0247. The van der Waals surface area contributed by atoms with Crippen molar-refractivity contribution in [2.24, 2.45) is 5.73 Å². The van der Waals surface area contributed by atoms with Gasteiger partial charge in [-0.1, -0.05) is 66.7 Å². The molecule has 1 amide bonds. The van der Waals surface area contributed by atoms with Gasteiger partial charge in [-0.05, 0) is 34.8 Å². The second-order valence-electron chi connectivity index (χ2n) is 7.26. The van der Waals surface area contributed by atoms with E-state index in [1.807, 2.05) is 42.5 Å². The summed E-state index contributed by atoms with van der Waals surface area (Å²) in [6.45, 7) is 1.34. The molecule has 0 spiro atoms. The molecule has 2 aromatic rings. The second-order valence-corrected chi connectivity index (χ2v) is 7.26. The summed E-state index contributed by atoms with van der Waals surface area (Å²) in [5, 5.41) is 11.4. The molecule has 0 aromatic heterocycles. The number of hydrogen-bond acceptors (Lipinski definition) is 4. The zero-order valence-corrected chi connectivity index (χ0v) is 15.7. The molecule has 1 aliphatic carbocycles. The van der Waals surface area contributed by atoms with Gasteiger partial charge in [0, 0.05) is 6.54 Å². The summed E-state index contributed by atoms with van der Waals surface area (Å²) >= 11 is 0. The van der Waals surface area contributed by atoms with E-state index in [1.165, 1.54) is 0 Å². The van der Waals surface area contributed by atoms with Gasteiger partial charge in [0.15, 0.2) is 0 Å². The van der Waals surface area contributed by atoms with Crippen LogP contribution in [0.5, 0.6) is 0 Å². The van der Waals surface area contributed by atoms with Gasteiger partial charge in [-0.3, -0.25) is 9.69 Å². The van der Waals surface area contributed by atoms with E-state index < -0.39 is 5.54 Å². The lowest BCUT2D eigenvalue weighted by Gasteiger charge is -2.39. The third-order valence-corrected chi connectivity index (χ3v) is 5.46. The van der Waals surface area contributed by atoms with Gasteiger partial charge < -0.3 is 16.5 Å². The highest BCUT2D eigenvalue weighted by atomic mass is 16.2. The highest BCUT2D eigenvalue weighted by Gasteiger charge is 2.40. The lowest BCUT2D eigenvalue weighted by Crippen LogP contribution is -2.44. The number of amides is 1. The van der Waals surface area contributed by atoms with Crippen molar-refractivity contribution in [1.82, 2.24) is 10.2 Å². The molecule has 5 nitrogen and oxygen atoms in total. The van der Waals surface area contributed by atoms with Crippen LogP contribution in [0.25, 0.3) is 0 Å². The summed E-state index contributed by atoms with van der Waals surface area (Å²) in [6.07, 6.45) is 6.70. The van der Waals surface area contributed by atoms with Crippen molar-refractivity contribution >= 4 is 11.6 Å². The summed E-state index contributed by atoms with van der Waals surface area (Å²) in [5.41, 5.74) is 9.93. The molecule has 2 aliphatic rings. The van der Waals surface area contributed by atoms with Crippen LogP contribution in [0.15, 0.2) is 78.4 Å². The van der Waals surface area contributed by atoms with E-state index in [4.69, 9.17) is 11.1 Å². The Labute approximate surface area is 165 Å². The van der Waals surface area contributed by atoms with Crippen LogP contribution in [-0.2, 0) is 23.3 Å². The van der Waals surface area contributed by atoms with Crippen molar-refractivity contribution in [2.45, 2.75) is 18.5 Å². The van der Waals surface area contributed by atoms with E-state index in [9.17, 15) is 4.79 Å². The van der Waals surface area contributed by atoms with Crippen LogP contribution in [0.1, 0.15) is 16.7 Å². The molecular formula is C23H24N4O. The quantitative estimate of drug-likeness (QED) is 0.754. The lowest BCUT2D eigenvalue weighted by atomic mass is 9.80. The monoisotopic (exact) mass is 372 g/mol. The topological polar surface area (TPSA) is 82.2 Å². The zero-order chi connectivity index (χ0) is 19.6. The molecular weight excluding hydrogens is 348 g/mol. The van der Waals surface area contributed by atoms with Crippen molar-refractivity contribution < 1.29 is 4.79 Å². The average molecular weight is 372 g/mol. The molecule has 1 saturated heterocycles. The van der Waals surface area contributed by atoms with Gasteiger partial charge in [0.1, 0.15) is 0 Å². The standard InChI is InChI=1S/C23H24N4O/c24-14-18-8-6-17(7-9-18)12-19-13-23(11-10-21(19)25,20-4-2-1-3-5-20)27-15-22(28)26-16-27/h1-11,13,25H,12,14-16,24H2,(H,26,28). The maximum atomic E-state index is 11.9. The number of benzene rings is 2. The number of rotatable bonds is 5. The SMILES string of the molecule is N=C1C=CC(c2ccccc2)(N2CNC(=O)C2)C=C1Cc1ccc(CN)cc1. The largest absolute Gasteiger partial charge is 0.342 e. The summed E-state index contributed by atoms with van der Waals surface area (Å²) < 4.78 is 0. The molecule has 28 heavy (non-hydrogen) atoms. The zero-order valence-electron chi connectivity index (χ0n) is 15.7. The fourth-order valence-corrected chi connectivity index (χ4v) is 3.86. The minimum Gasteiger partial charge on any atom is -0.342 e. The lowest BCUT2D eigenvalue weighted by molar-refractivity contribution is -0.118. The normalized spacial score (nSPS) is 22.2. The summed E-state index contributed by atoms with van der Waals surface area (Å²) in [7, 11) is 0. The summed E-state index contributed by atoms with van der Waals surface area (Å²) in [4.78, 5) is 14.0. The number of carbonyl (C=O) groups excluding carboxylic acids is 1. The van der Waals surface area contributed by atoms with E-state index in [0.29, 0.717) is 31.9 Å². The van der Waals surface area contributed by atoms with Crippen molar-refractivity contribution in [3.63, 3.8) is 0 Å². The first-order valence-corrected chi connectivity index (χ1v) is 9.46. The van der Waals surface area contributed by atoms with E-state index in [0.717, 1.165) is 22.3 Å². The van der Waals surface area contributed by atoms with Gasteiger partial charge in [0.25, 0.3) is 0 Å². The highest BCUT2D eigenvalue weighted by Crippen LogP contribution is 2.37. The van der Waals surface area contributed by atoms with Gasteiger partial charge in [0.2, 0.25) is 5.91 Å². The van der Waals surface area contributed by atoms with Crippen molar-refractivity contribution in [3.8, 4) is 0 Å². The van der Waals surface area contributed by atoms with E-state index in [-0.39, 0.29) is 5.91 Å². The predicted octanol–water partition coefficient (Wildman–Crippen LogP) is 2.49. The molecule has 4 rings (SSSR count). The van der Waals surface area contributed by atoms with Crippen LogP contribution in [0.3, 0.4) is 0 Å². The fraction of sp³-hybridized carbons (Fsp3) is 0.217. The minimum atomic E-state index is -0.544. The smallest absolute Gasteiger partial charge is 0.235 e. The van der Waals surface area contributed by atoms with E-state index in [2.05, 4.69) is 40.6 Å². The number of nitrogens with zero attached hydrogens (tertiary/aromatic N) is 1. The van der Waals surface area contributed by atoms with Crippen LogP contribution >= 0.6 is 0 Å². The molecule has 4 N–H and O–H groups in total. The Bertz CT molecular complexity index is 946. The molecule has 142 valence electrons. The molecule has 1 fully saturated rings. The van der Waals surface area contributed by atoms with Gasteiger partial charge in [-0.2, -0.15) is 0 Å². The van der Waals surface area contributed by atoms with Crippen molar-refractivity contribution in [2.75, 3.05) is 13.2 Å². The molecule has 0 saturated carbocycles. The maximum absolute atomic E-state index is 11.9. The van der Waals surface area contributed by atoms with E-state index in [1.54, 1.807) is 0 Å². The van der Waals surface area contributed by atoms with E-state index >= 15 is 0 Å². The van der Waals surface area contributed by atoms with Crippen LogP contribution in [0, 0.1) is 5.41 Å². The first-order chi connectivity index (χ1) is 13.6. The number of allylic oxidation sites excluding steroid dienone is 2. The van der Waals surface area contributed by atoms with Crippen molar-refractivity contribution in [1.29, 1.82) is 5.41 Å². The molecule has 1 heterocycles. The number of hydrogen-bond donors (Lipinski definition) is 3. The Balaban J connectivity index is 1.74. The number of nitrogens with one attached hydrogen (secondary N) is 2. The van der Waals surface area contributed by atoms with Gasteiger partial charge in [-0.25, -0.2) is 0 Å². The number of nitrogens with two attached hydrogens (primary N) is 1. The first kappa shape index (κ1) is 18.3. The Hall–Kier alpha value is -3.02. The Morgan fingerprint density at radius 1 is 1.07 bits per heavy atom. The van der Waals surface area contributed by atoms with Crippen molar-refractivity contribution in [3.05, 3.63) is 95.1 Å². The van der Waals surface area contributed by atoms with Gasteiger partial charge in [-0.15, -0.1) is 0 Å². The molecule has 1 aliphatic heterocycles. The minimum absolute atomic E-state index is 0.0247. The fourth-order valence-electron chi connectivity index (χ4n) is 3.86. The highest BCUT2D eigenvalue weighted by molar-refractivity contribution is 6.08.